The van der Waals surface area contributed by atoms with E-state index in [9.17, 15) is 19.2 Å². The monoisotopic (exact) mass is 339 g/mol. The largest absolute Gasteiger partial charge is 0.517 e. The third-order valence-electron chi connectivity index (χ3n) is 2.48. The number of hydrogen-bond acceptors (Lipinski definition) is 7. The molecule has 0 bridgehead atoms. The highest BCUT2D eigenvalue weighted by molar-refractivity contribution is 5.88. The van der Waals surface area contributed by atoms with Gasteiger partial charge in [0.2, 0.25) is 5.91 Å². The lowest BCUT2D eigenvalue weighted by atomic mass is 10.2. The molecule has 0 saturated heterocycles. The fourth-order valence-corrected chi connectivity index (χ4v) is 1.38. The summed E-state index contributed by atoms with van der Waals surface area (Å²) in [4.78, 5) is 44.8. The summed E-state index contributed by atoms with van der Waals surface area (Å²) in [6.45, 7) is 4.33. The summed E-state index contributed by atoms with van der Waals surface area (Å²) in [6.07, 6.45) is -3.46. The Kier molecular flexibility index (Phi) is 6.72. The number of carbonyl (C=O) groups is 4. The maximum Gasteiger partial charge on any atom is 0.517 e. The molecule has 0 saturated carbocycles. The number of carbonyl (C=O) groups excluding carboxylic acids is 3. The molecular weight excluding hydrogens is 322 g/mol. The zero-order valence-electron chi connectivity index (χ0n) is 13.3. The molecule has 1 rings (SSSR count). The highest BCUT2D eigenvalue weighted by Crippen LogP contribution is 2.16. The SMILES string of the molecule is CC(=O)Nc1ccc(OC(=O)OC(OC(=O)C(C)C)C(=O)O)cc1. The molecule has 1 unspecified atom stereocenters. The zero-order chi connectivity index (χ0) is 18.3. The summed E-state index contributed by atoms with van der Waals surface area (Å²) in [5.74, 6) is -3.29. The number of rotatable bonds is 6. The Labute approximate surface area is 137 Å². The smallest absolute Gasteiger partial charge is 0.476 e. The van der Waals surface area contributed by atoms with Gasteiger partial charge >= 0.3 is 24.4 Å². The van der Waals surface area contributed by atoms with E-state index < -0.39 is 30.3 Å². The van der Waals surface area contributed by atoms with Crippen molar-refractivity contribution in [3.8, 4) is 5.75 Å². The van der Waals surface area contributed by atoms with Crippen molar-refractivity contribution in [2.24, 2.45) is 5.92 Å². The maximum absolute atomic E-state index is 11.6. The first kappa shape index (κ1) is 18.9. The lowest BCUT2D eigenvalue weighted by molar-refractivity contribution is -0.190. The quantitative estimate of drug-likeness (QED) is 0.456. The van der Waals surface area contributed by atoms with Crippen molar-refractivity contribution in [3.05, 3.63) is 24.3 Å². The Bertz CT molecular complexity index is 623. The van der Waals surface area contributed by atoms with Crippen LogP contribution in [-0.2, 0) is 23.9 Å². The van der Waals surface area contributed by atoms with E-state index in [4.69, 9.17) is 9.84 Å². The van der Waals surface area contributed by atoms with E-state index >= 15 is 0 Å². The molecule has 0 aliphatic carbocycles. The van der Waals surface area contributed by atoms with E-state index in [0.29, 0.717) is 5.69 Å². The summed E-state index contributed by atoms with van der Waals surface area (Å²) in [6, 6.07) is 5.67. The molecule has 130 valence electrons. The number of esters is 1. The van der Waals surface area contributed by atoms with E-state index in [1.807, 2.05) is 0 Å². The van der Waals surface area contributed by atoms with Gasteiger partial charge in [0.25, 0.3) is 0 Å². The highest BCUT2D eigenvalue weighted by Gasteiger charge is 2.28. The van der Waals surface area contributed by atoms with Crippen molar-refractivity contribution in [2.45, 2.75) is 27.1 Å². The minimum absolute atomic E-state index is 0.0495. The van der Waals surface area contributed by atoms with Gasteiger partial charge in [0.1, 0.15) is 5.75 Å². The van der Waals surface area contributed by atoms with Crippen LogP contribution in [0.5, 0.6) is 5.75 Å². The number of carboxylic acid groups (broad SMARTS) is 1. The second kappa shape index (κ2) is 8.51. The number of amides is 1. The molecular formula is C15H17NO8. The van der Waals surface area contributed by atoms with Gasteiger partial charge in [-0.1, -0.05) is 13.8 Å². The second-order valence-corrected chi connectivity index (χ2v) is 4.94. The molecule has 1 aromatic carbocycles. The van der Waals surface area contributed by atoms with Gasteiger partial charge in [-0.15, -0.1) is 0 Å². The fourth-order valence-electron chi connectivity index (χ4n) is 1.38. The van der Waals surface area contributed by atoms with Crippen molar-refractivity contribution in [1.29, 1.82) is 0 Å². The van der Waals surface area contributed by atoms with Crippen LogP contribution in [0.1, 0.15) is 20.8 Å². The molecule has 9 heteroatoms. The van der Waals surface area contributed by atoms with Gasteiger partial charge in [-0.3, -0.25) is 9.59 Å². The number of carboxylic acids is 1. The van der Waals surface area contributed by atoms with Crippen LogP contribution in [0.15, 0.2) is 24.3 Å². The topological polar surface area (TPSA) is 128 Å². The first-order valence-electron chi connectivity index (χ1n) is 6.88. The normalized spacial score (nSPS) is 11.3. The Morgan fingerprint density at radius 1 is 1.04 bits per heavy atom. The molecule has 0 aliphatic heterocycles. The van der Waals surface area contributed by atoms with Crippen LogP contribution in [0, 0.1) is 5.92 Å². The summed E-state index contributed by atoms with van der Waals surface area (Å²) in [5.41, 5.74) is 0.484. The average molecular weight is 339 g/mol. The third-order valence-corrected chi connectivity index (χ3v) is 2.48. The van der Waals surface area contributed by atoms with Crippen molar-refractivity contribution in [2.75, 3.05) is 5.32 Å². The van der Waals surface area contributed by atoms with Crippen molar-refractivity contribution < 1.29 is 38.5 Å². The minimum Gasteiger partial charge on any atom is -0.476 e. The number of aliphatic carboxylic acids is 1. The third kappa shape index (κ3) is 6.34. The molecule has 2 N–H and O–H groups in total. The van der Waals surface area contributed by atoms with Gasteiger partial charge in [0, 0.05) is 12.6 Å². The standard InChI is InChI=1S/C15H17NO8/c1-8(2)13(20)23-14(12(18)19)24-15(21)22-11-6-4-10(5-7-11)16-9(3)17/h4-8,14H,1-3H3,(H,16,17)(H,18,19). The van der Waals surface area contributed by atoms with Crippen LogP contribution < -0.4 is 10.1 Å². The molecule has 1 aromatic rings. The van der Waals surface area contributed by atoms with Crippen LogP contribution in [0.4, 0.5) is 10.5 Å². The molecule has 24 heavy (non-hydrogen) atoms. The molecule has 0 aliphatic rings. The van der Waals surface area contributed by atoms with E-state index in [2.05, 4.69) is 14.8 Å². The van der Waals surface area contributed by atoms with Crippen molar-refractivity contribution in [3.63, 3.8) is 0 Å². The Morgan fingerprint density at radius 3 is 2.08 bits per heavy atom. The van der Waals surface area contributed by atoms with Crippen LogP contribution in [0.3, 0.4) is 0 Å². The second-order valence-electron chi connectivity index (χ2n) is 4.94. The fraction of sp³-hybridized carbons (Fsp3) is 0.333. The van der Waals surface area contributed by atoms with E-state index in [1.54, 1.807) is 0 Å². The first-order valence-corrected chi connectivity index (χ1v) is 6.88. The molecule has 0 radical (unpaired) electrons. The Hall–Kier alpha value is -3.10. The first-order chi connectivity index (χ1) is 11.2. The van der Waals surface area contributed by atoms with E-state index in [1.165, 1.54) is 45.0 Å². The number of nitrogens with one attached hydrogen (secondary N) is 1. The summed E-state index contributed by atoms with van der Waals surface area (Å²) < 4.78 is 13.8. The predicted octanol–water partition coefficient (Wildman–Crippen LogP) is 1.77. The molecule has 1 atom stereocenters. The van der Waals surface area contributed by atoms with Crippen LogP contribution >= 0.6 is 0 Å². The molecule has 9 nitrogen and oxygen atoms in total. The number of hydrogen-bond donors (Lipinski definition) is 2. The number of benzene rings is 1. The molecule has 0 aromatic heterocycles. The van der Waals surface area contributed by atoms with Gasteiger partial charge in [-0.2, -0.15) is 0 Å². The summed E-state index contributed by atoms with van der Waals surface area (Å²) in [7, 11) is 0. The van der Waals surface area contributed by atoms with Crippen LogP contribution in [0.2, 0.25) is 0 Å². The van der Waals surface area contributed by atoms with E-state index in [0.717, 1.165) is 0 Å². The van der Waals surface area contributed by atoms with Crippen LogP contribution in [0.25, 0.3) is 0 Å². The summed E-state index contributed by atoms with van der Waals surface area (Å²) in [5, 5.41) is 11.4. The molecule has 0 heterocycles. The van der Waals surface area contributed by atoms with Gasteiger partial charge in [-0.25, -0.2) is 9.59 Å². The van der Waals surface area contributed by atoms with Crippen molar-refractivity contribution >= 4 is 29.7 Å². The average Bonchev–Trinajstić information content (AvgIpc) is 2.47. The van der Waals surface area contributed by atoms with Crippen molar-refractivity contribution in [1.82, 2.24) is 0 Å². The van der Waals surface area contributed by atoms with Crippen LogP contribution in [-0.4, -0.2) is 35.4 Å². The number of ether oxygens (including phenoxy) is 3. The maximum atomic E-state index is 11.6. The molecule has 0 spiro atoms. The summed E-state index contributed by atoms with van der Waals surface area (Å²) >= 11 is 0. The zero-order valence-corrected chi connectivity index (χ0v) is 13.3. The minimum atomic E-state index is -2.11. The Morgan fingerprint density at radius 2 is 1.62 bits per heavy atom. The van der Waals surface area contributed by atoms with Gasteiger partial charge in [-0.05, 0) is 24.3 Å². The predicted molar refractivity (Wildman–Crippen MR) is 80.2 cm³/mol. The molecule has 1 amide bonds. The Balaban J connectivity index is 2.64. The lowest BCUT2D eigenvalue weighted by Crippen LogP contribution is -2.34. The highest BCUT2D eigenvalue weighted by atomic mass is 16.8. The van der Waals surface area contributed by atoms with E-state index in [-0.39, 0.29) is 11.7 Å². The van der Waals surface area contributed by atoms with Gasteiger partial charge in [0.15, 0.2) is 0 Å². The van der Waals surface area contributed by atoms with Gasteiger partial charge in [0.05, 0.1) is 5.92 Å². The molecule has 0 fully saturated rings. The van der Waals surface area contributed by atoms with Gasteiger partial charge < -0.3 is 24.6 Å². The lowest BCUT2D eigenvalue weighted by Gasteiger charge is -2.15. The number of anilines is 1.